The lowest BCUT2D eigenvalue weighted by molar-refractivity contribution is 0.483. The molecular formula is C14H10OS. The van der Waals surface area contributed by atoms with Gasteiger partial charge in [-0.3, -0.25) is 0 Å². The maximum absolute atomic E-state index is 9.91. The van der Waals surface area contributed by atoms with E-state index in [4.69, 9.17) is 0 Å². The minimum Gasteiger partial charge on any atom is -0.506 e. The zero-order valence-corrected chi connectivity index (χ0v) is 9.37. The third-order valence-electron chi connectivity index (χ3n) is 2.64. The van der Waals surface area contributed by atoms with Crippen molar-refractivity contribution in [3.63, 3.8) is 0 Å². The summed E-state index contributed by atoms with van der Waals surface area (Å²) >= 11 is 1.57. The summed E-state index contributed by atoms with van der Waals surface area (Å²) < 4.78 is 0.958. The molecule has 2 aromatic carbocycles. The first-order valence-corrected chi connectivity index (χ1v) is 5.98. The van der Waals surface area contributed by atoms with E-state index < -0.39 is 0 Å². The van der Waals surface area contributed by atoms with Crippen LogP contribution in [0.5, 0.6) is 5.75 Å². The highest BCUT2D eigenvalue weighted by Crippen LogP contribution is 2.34. The van der Waals surface area contributed by atoms with Crippen LogP contribution in [0.15, 0.2) is 53.9 Å². The van der Waals surface area contributed by atoms with Crippen LogP contribution in [-0.2, 0) is 0 Å². The smallest absolute Gasteiger partial charge is 0.133 e. The molecule has 0 saturated heterocycles. The Morgan fingerprint density at radius 1 is 0.875 bits per heavy atom. The van der Waals surface area contributed by atoms with Crippen molar-refractivity contribution in [2.45, 2.75) is 0 Å². The van der Waals surface area contributed by atoms with Gasteiger partial charge in [0.1, 0.15) is 5.75 Å². The van der Waals surface area contributed by atoms with Crippen LogP contribution in [0.3, 0.4) is 0 Å². The first kappa shape index (κ1) is 9.43. The lowest BCUT2D eigenvalue weighted by Crippen LogP contribution is -1.77. The summed E-state index contributed by atoms with van der Waals surface area (Å²) in [5.74, 6) is 0.367. The van der Waals surface area contributed by atoms with Crippen molar-refractivity contribution in [2.24, 2.45) is 0 Å². The fourth-order valence-corrected chi connectivity index (χ4v) is 2.65. The standard InChI is InChI=1S/C14H10OS/c15-13-9-12(10-4-2-1-3-5-10)8-11-6-7-16-14(11)13/h1-9,15H. The Bertz CT molecular complexity index is 626. The van der Waals surface area contributed by atoms with Crippen molar-refractivity contribution in [3.05, 3.63) is 53.9 Å². The number of phenols is 1. The van der Waals surface area contributed by atoms with Crippen LogP contribution in [0, 0.1) is 0 Å². The van der Waals surface area contributed by atoms with Gasteiger partial charge < -0.3 is 5.11 Å². The fourth-order valence-electron chi connectivity index (χ4n) is 1.86. The molecule has 0 amide bonds. The summed E-state index contributed by atoms with van der Waals surface area (Å²) in [6.45, 7) is 0. The Balaban J connectivity index is 2.25. The highest BCUT2D eigenvalue weighted by molar-refractivity contribution is 7.17. The molecule has 0 atom stereocenters. The minimum atomic E-state index is 0.367. The topological polar surface area (TPSA) is 20.2 Å². The molecule has 0 saturated carbocycles. The fraction of sp³-hybridized carbons (Fsp3) is 0. The number of fused-ring (bicyclic) bond motifs is 1. The van der Waals surface area contributed by atoms with Crippen LogP contribution in [0.2, 0.25) is 0 Å². The van der Waals surface area contributed by atoms with Crippen molar-refractivity contribution in [1.29, 1.82) is 0 Å². The minimum absolute atomic E-state index is 0.367. The van der Waals surface area contributed by atoms with Gasteiger partial charge in [-0.2, -0.15) is 0 Å². The zero-order chi connectivity index (χ0) is 11.0. The molecule has 2 heteroatoms. The monoisotopic (exact) mass is 226 g/mol. The Hall–Kier alpha value is -1.80. The van der Waals surface area contributed by atoms with Gasteiger partial charge in [0.15, 0.2) is 0 Å². The van der Waals surface area contributed by atoms with Crippen molar-refractivity contribution >= 4 is 21.4 Å². The number of rotatable bonds is 1. The number of benzene rings is 2. The van der Waals surface area contributed by atoms with Crippen LogP contribution in [0.4, 0.5) is 0 Å². The van der Waals surface area contributed by atoms with Crippen molar-refractivity contribution in [3.8, 4) is 16.9 Å². The summed E-state index contributed by atoms with van der Waals surface area (Å²) in [5, 5.41) is 13.0. The molecule has 3 aromatic rings. The molecule has 0 radical (unpaired) electrons. The maximum atomic E-state index is 9.91. The molecule has 1 nitrogen and oxygen atoms in total. The molecule has 0 aliphatic heterocycles. The number of thiophene rings is 1. The van der Waals surface area contributed by atoms with E-state index in [0.717, 1.165) is 21.2 Å². The van der Waals surface area contributed by atoms with Gasteiger partial charge in [0.2, 0.25) is 0 Å². The molecule has 16 heavy (non-hydrogen) atoms. The van der Waals surface area contributed by atoms with Gasteiger partial charge in [0, 0.05) is 0 Å². The third-order valence-corrected chi connectivity index (χ3v) is 3.59. The van der Waals surface area contributed by atoms with Gasteiger partial charge >= 0.3 is 0 Å². The average molecular weight is 226 g/mol. The van der Waals surface area contributed by atoms with E-state index in [2.05, 4.69) is 6.07 Å². The molecule has 1 N–H and O–H groups in total. The highest BCUT2D eigenvalue weighted by Gasteiger charge is 2.05. The Labute approximate surface area is 97.6 Å². The van der Waals surface area contributed by atoms with E-state index in [1.165, 1.54) is 0 Å². The molecule has 0 aliphatic rings. The van der Waals surface area contributed by atoms with E-state index in [1.807, 2.05) is 47.8 Å². The number of aromatic hydroxyl groups is 1. The van der Waals surface area contributed by atoms with Gasteiger partial charge in [-0.25, -0.2) is 0 Å². The molecule has 1 aromatic heterocycles. The lowest BCUT2D eigenvalue weighted by atomic mass is 10.0. The van der Waals surface area contributed by atoms with Gasteiger partial charge in [-0.15, -0.1) is 11.3 Å². The highest BCUT2D eigenvalue weighted by atomic mass is 32.1. The SMILES string of the molecule is Oc1cc(-c2ccccc2)cc2ccsc12. The lowest BCUT2D eigenvalue weighted by Gasteiger charge is -2.03. The third kappa shape index (κ3) is 1.48. The normalized spacial score (nSPS) is 10.8. The Morgan fingerprint density at radius 3 is 2.50 bits per heavy atom. The maximum Gasteiger partial charge on any atom is 0.133 e. The predicted octanol–water partition coefficient (Wildman–Crippen LogP) is 4.27. The van der Waals surface area contributed by atoms with E-state index in [-0.39, 0.29) is 0 Å². The second-order valence-electron chi connectivity index (χ2n) is 3.70. The second-order valence-corrected chi connectivity index (χ2v) is 4.62. The van der Waals surface area contributed by atoms with Gasteiger partial charge in [-0.05, 0) is 40.1 Å². The van der Waals surface area contributed by atoms with Crippen molar-refractivity contribution < 1.29 is 5.11 Å². The van der Waals surface area contributed by atoms with Crippen molar-refractivity contribution in [1.82, 2.24) is 0 Å². The first-order chi connectivity index (χ1) is 7.84. The van der Waals surface area contributed by atoms with Gasteiger partial charge in [-0.1, -0.05) is 30.3 Å². The van der Waals surface area contributed by atoms with Crippen molar-refractivity contribution in [2.75, 3.05) is 0 Å². The second kappa shape index (κ2) is 3.65. The van der Waals surface area contributed by atoms with Gasteiger partial charge in [0.05, 0.1) is 4.70 Å². The average Bonchev–Trinajstić information content (AvgIpc) is 2.79. The van der Waals surface area contributed by atoms with Crippen LogP contribution in [0.25, 0.3) is 21.2 Å². The number of hydrogen-bond donors (Lipinski definition) is 1. The quantitative estimate of drug-likeness (QED) is 0.656. The number of hydrogen-bond acceptors (Lipinski definition) is 2. The molecule has 0 fully saturated rings. The molecule has 0 aliphatic carbocycles. The molecule has 3 rings (SSSR count). The molecule has 1 heterocycles. The Kier molecular flexibility index (Phi) is 2.15. The van der Waals surface area contributed by atoms with Crippen LogP contribution in [-0.4, -0.2) is 5.11 Å². The number of phenolic OH excluding ortho intramolecular Hbond substituents is 1. The van der Waals surface area contributed by atoms with Crippen LogP contribution < -0.4 is 0 Å². The summed E-state index contributed by atoms with van der Waals surface area (Å²) in [7, 11) is 0. The summed E-state index contributed by atoms with van der Waals surface area (Å²) in [4.78, 5) is 0. The molecule has 0 unspecified atom stereocenters. The molecule has 0 spiro atoms. The predicted molar refractivity (Wildman–Crippen MR) is 68.9 cm³/mol. The Morgan fingerprint density at radius 2 is 1.69 bits per heavy atom. The summed E-state index contributed by atoms with van der Waals surface area (Å²) in [5.41, 5.74) is 2.19. The molecule has 0 bridgehead atoms. The molecular weight excluding hydrogens is 216 g/mol. The largest absolute Gasteiger partial charge is 0.506 e. The van der Waals surface area contributed by atoms with E-state index in [1.54, 1.807) is 11.3 Å². The van der Waals surface area contributed by atoms with E-state index in [9.17, 15) is 5.11 Å². The summed E-state index contributed by atoms with van der Waals surface area (Å²) in [6.07, 6.45) is 0. The molecule has 78 valence electrons. The zero-order valence-electron chi connectivity index (χ0n) is 8.55. The van der Waals surface area contributed by atoms with Gasteiger partial charge in [0.25, 0.3) is 0 Å². The van der Waals surface area contributed by atoms with Crippen LogP contribution >= 0.6 is 11.3 Å². The van der Waals surface area contributed by atoms with E-state index in [0.29, 0.717) is 5.75 Å². The summed E-state index contributed by atoms with van der Waals surface area (Å²) in [6, 6.07) is 16.1. The van der Waals surface area contributed by atoms with Crippen LogP contribution in [0.1, 0.15) is 0 Å². The van der Waals surface area contributed by atoms with E-state index >= 15 is 0 Å². The first-order valence-electron chi connectivity index (χ1n) is 5.10.